The molecule has 5 nitrogen and oxygen atoms in total. The number of carbonyl (C=O) groups is 2. The molecule has 126 valence electrons. The first-order chi connectivity index (χ1) is 10.5. The van der Waals surface area contributed by atoms with E-state index in [1.807, 2.05) is 0 Å². The number of carbonyl (C=O) groups excluding carboxylic acids is 2. The highest BCUT2D eigenvalue weighted by Crippen LogP contribution is 2.47. The first-order valence-corrected chi connectivity index (χ1v) is 7.85. The van der Waals surface area contributed by atoms with Crippen molar-refractivity contribution >= 4 is 29.9 Å². The van der Waals surface area contributed by atoms with Gasteiger partial charge in [0.2, 0.25) is 5.91 Å². The number of nitrogens with one attached hydrogen (secondary N) is 1. The van der Waals surface area contributed by atoms with Crippen molar-refractivity contribution in [2.24, 2.45) is 23.5 Å². The van der Waals surface area contributed by atoms with Gasteiger partial charge in [-0.15, -0.1) is 12.4 Å². The summed E-state index contributed by atoms with van der Waals surface area (Å²) in [6.45, 7) is 0. The molecule has 2 saturated carbocycles. The molecule has 4 atom stereocenters. The van der Waals surface area contributed by atoms with Gasteiger partial charge < -0.3 is 16.0 Å². The van der Waals surface area contributed by atoms with E-state index in [1.54, 1.807) is 38.4 Å². The standard InChI is InChI=1S/C17H23N3O2.ClH/c1-20(2)17(22)10-5-7-13(8-6-10)19-16(21)14-11-3-4-12(9-11)15(14)18;/h5-8,11-12,14-15H,3-4,9,18H2,1-2H3,(H,19,21);1H. The highest BCUT2D eigenvalue weighted by Gasteiger charge is 2.49. The molecule has 3 rings (SSSR count). The minimum atomic E-state index is -0.0677. The first kappa shape index (κ1) is 17.8. The lowest BCUT2D eigenvalue weighted by Gasteiger charge is -2.27. The molecule has 0 heterocycles. The molecular weight excluding hydrogens is 314 g/mol. The second-order valence-corrected chi connectivity index (χ2v) is 6.70. The van der Waals surface area contributed by atoms with Crippen LogP contribution in [0.2, 0.25) is 0 Å². The van der Waals surface area contributed by atoms with Gasteiger partial charge in [-0.05, 0) is 55.4 Å². The van der Waals surface area contributed by atoms with E-state index in [4.69, 9.17) is 5.73 Å². The molecule has 0 saturated heterocycles. The van der Waals surface area contributed by atoms with Crippen molar-refractivity contribution in [1.29, 1.82) is 0 Å². The summed E-state index contributed by atoms with van der Waals surface area (Å²) in [4.78, 5) is 25.8. The smallest absolute Gasteiger partial charge is 0.253 e. The zero-order valence-electron chi connectivity index (χ0n) is 13.5. The molecule has 0 aromatic heterocycles. The van der Waals surface area contributed by atoms with Gasteiger partial charge in [0.1, 0.15) is 0 Å². The van der Waals surface area contributed by atoms with Gasteiger partial charge in [-0.3, -0.25) is 9.59 Å². The lowest BCUT2D eigenvalue weighted by molar-refractivity contribution is -0.121. The van der Waals surface area contributed by atoms with Crippen molar-refractivity contribution in [3.8, 4) is 0 Å². The van der Waals surface area contributed by atoms with E-state index in [2.05, 4.69) is 5.32 Å². The number of fused-ring (bicyclic) bond motifs is 2. The molecule has 2 aliphatic rings. The SMILES string of the molecule is CN(C)C(=O)c1ccc(NC(=O)C2C3CCC(C3)C2N)cc1.Cl. The van der Waals surface area contributed by atoms with Gasteiger partial charge in [0.05, 0.1) is 5.92 Å². The third-order valence-electron chi connectivity index (χ3n) is 5.09. The summed E-state index contributed by atoms with van der Waals surface area (Å²) < 4.78 is 0. The normalized spacial score (nSPS) is 28.1. The lowest BCUT2D eigenvalue weighted by atomic mass is 9.84. The van der Waals surface area contributed by atoms with E-state index in [1.165, 1.54) is 4.90 Å². The van der Waals surface area contributed by atoms with Crippen LogP contribution in [0.3, 0.4) is 0 Å². The zero-order valence-corrected chi connectivity index (χ0v) is 14.3. The van der Waals surface area contributed by atoms with Crippen LogP contribution >= 0.6 is 12.4 Å². The molecule has 2 aliphatic carbocycles. The van der Waals surface area contributed by atoms with Crippen molar-refractivity contribution in [1.82, 2.24) is 4.90 Å². The van der Waals surface area contributed by atoms with Gasteiger partial charge in [-0.2, -0.15) is 0 Å². The Morgan fingerprint density at radius 2 is 1.74 bits per heavy atom. The van der Waals surface area contributed by atoms with Crippen LogP contribution < -0.4 is 11.1 Å². The van der Waals surface area contributed by atoms with Gasteiger partial charge in [0.25, 0.3) is 5.91 Å². The van der Waals surface area contributed by atoms with Gasteiger partial charge in [0.15, 0.2) is 0 Å². The van der Waals surface area contributed by atoms with Crippen LogP contribution in [0, 0.1) is 17.8 Å². The zero-order chi connectivity index (χ0) is 15.9. The van der Waals surface area contributed by atoms with E-state index < -0.39 is 0 Å². The van der Waals surface area contributed by atoms with Gasteiger partial charge in [0, 0.05) is 31.4 Å². The minimum absolute atomic E-state index is 0. The molecular formula is C17H24ClN3O2. The Morgan fingerprint density at radius 3 is 2.26 bits per heavy atom. The van der Waals surface area contributed by atoms with Crippen molar-refractivity contribution in [2.45, 2.75) is 25.3 Å². The Kier molecular flexibility index (Phi) is 5.32. The third kappa shape index (κ3) is 3.35. The highest BCUT2D eigenvalue weighted by atomic mass is 35.5. The second-order valence-electron chi connectivity index (χ2n) is 6.70. The van der Waals surface area contributed by atoms with Crippen LogP contribution in [0.4, 0.5) is 5.69 Å². The maximum Gasteiger partial charge on any atom is 0.253 e. The lowest BCUT2D eigenvalue weighted by Crippen LogP contribution is -2.42. The molecule has 6 heteroatoms. The van der Waals surface area contributed by atoms with Crippen LogP contribution in [0.5, 0.6) is 0 Å². The number of benzene rings is 1. The second kappa shape index (κ2) is 6.89. The fraction of sp³-hybridized carbons (Fsp3) is 0.529. The monoisotopic (exact) mass is 337 g/mol. The molecule has 23 heavy (non-hydrogen) atoms. The number of nitrogens with two attached hydrogens (primary N) is 1. The Hall–Kier alpha value is -1.59. The summed E-state index contributed by atoms with van der Waals surface area (Å²) in [7, 11) is 3.43. The number of hydrogen-bond donors (Lipinski definition) is 2. The Balaban J connectivity index is 0.00000192. The van der Waals surface area contributed by atoms with Crippen LogP contribution in [0.15, 0.2) is 24.3 Å². The van der Waals surface area contributed by atoms with Crippen LogP contribution in [0.25, 0.3) is 0 Å². The van der Waals surface area contributed by atoms with E-state index in [9.17, 15) is 9.59 Å². The number of nitrogens with zero attached hydrogens (tertiary/aromatic N) is 1. The molecule has 0 radical (unpaired) electrons. The maximum atomic E-state index is 12.5. The topological polar surface area (TPSA) is 75.4 Å². The number of hydrogen-bond acceptors (Lipinski definition) is 3. The fourth-order valence-corrected chi connectivity index (χ4v) is 3.90. The van der Waals surface area contributed by atoms with Crippen LogP contribution in [-0.4, -0.2) is 36.9 Å². The summed E-state index contributed by atoms with van der Waals surface area (Å²) in [5, 5.41) is 2.95. The number of anilines is 1. The fourth-order valence-electron chi connectivity index (χ4n) is 3.90. The molecule has 2 bridgehead atoms. The summed E-state index contributed by atoms with van der Waals surface area (Å²) in [6, 6.07) is 7.01. The van der Waals surface area contributed by atoms with Crippen molar-refractivity contribution in [3.05, 3.63) is 29.8 Å². The number of amides is 2. The Morgan fingerprint density at radius 1 is 1.13 bits per heavy atom. The summed E-state index contributed by atoms with van der Waals surface area (Å²) >= 11 is 0. The maximum absolute atomic E-state index is 12.5. The predicted octanol–water partition coefficient (Wildman–Crippen LogP) is 2.12. The van der Waals surface area contributed by atoms with Crippen LogP contribution in [0.1, 0.15) is 29.6 Å². The molecule has 2 fully saturated rings. The molecule has 1 aromatic carbocycles. The van der Waals surface area contributed by atoms with Crippen molar-refractivity contribution < 1.29 is 9.59 Å². The van der Waals surface area contributed by atoms with E-state index in [0.29, 0.717) is 17.4 Å². The predicted molar refractivity (Wildman–Crippen MR) is 92.6 cm³/mol. The third-order valence-corrected chi connectivity index (χ3v) is 5.09. The average Bonchev–Trinajstić information content (AvgIpc) is 3.08. The molecule has 0 aliphatic heterocycles. The summed E-state index contributed by atoms with van der Waals surface area (Å²) in [6.07, 6.45) is 3.37. The van der Waals surface area contributed by atoms with E-state index in [0.717, 1.165) is 24.9 Å². The Bertz CT molecular complexity index is 586. The van der Waals surface area contributed by atoms with E-state index >= 15 is 0 Å². The van der Waals surface area contributed by atoms with Gasteiger partial charge in [-0.25, -0.2) is 0 Å². The summed E-state index contributed by atoms with van der Waals surface area (Å²) in [5.41, 5.74) is 7.53. The van der Waals surface area contributed by atoms with Crippen LogP contribution in [-0.2, 0) is 4.79 Å². The summed E-state index contributed by atoms with van der Waals surface area (Å²) in [5.74, 6) is 0.858. The highest BCUT2D eigenvalue weighted by molar-refractivity contribution is 5.96. The van der Waals surface area contributed by atoms with E-state index in [-0.39, 0.29) is 36.2 Å². The largest absolute Gasteiger partial charge is 0.345 e. The number of halogens is 1. The molecule has 0 spiro atoms. The van der Waals surface area contributed by atoms with Crippen molar-refractivity contribution in [3.63, 3.8) is 0 Å². The molecule has 1 aromatic rings. The van der Waals surface area contributed by atoms with Gasteiger partial charge in [-0.1, -0.05) is 0 Å². The minimum Gasteiger partial charge on any atom is -0.345 e. The Labute approximate surface area is 143 Å². The number of rotatable bonds is 3. The molecule has 4 unspecified atom stereocenters. The quantitative estimate of drug-likeness (QED) is 0.887. The van der Waals surface area contributed by atoms with Crippen molar-refractivity contribution in [2.75, 3.05) is 19.4 Å². The first-order valence-electron chi connectivity index (χ1n) is 7.85. The van der Waals surface area contributed by atoms with Gasteiger partial charge >= 0.3 is 0 Å². The molecule has 2 amide bonds. The average molecular weight is 338 g/mol. The molecule has 3 N–H and O–H groups in total.